The number of nitrogens with zero attached hydrogens (tertiary/aromatic N) is 2. The zero-order chi connectivity index (χ0) is 32.4. The van der Waals surface area contributed by atoms with Gasteiger partial charge in [-0.3, -0.25) is 0 Å². The lowest BCUT2D eigenvalue weighted by atomic mass is 9.97. The molecular weight excluding hydrogens is 588 g/mol. The molecule has 230 valence electrons. The van der Waals surface area contributed by atoms with Crippen molar-refractivity contribution in [2.45, 2.75) is 0 Å². The quantitative estimate of drug-likeness (QED) is 0.143. The fraction of sp³-hybridized carbons (Fsp3) is 0. The van der Waals surface area contributed by atoms with Crippen LogP contribution in [0.2, 0.25) is 0 Å². The molecule has 0 aliphatic carbocycles. The van der Waals surface area contributed by atoms with Crippen molar-refractivity contribution >= 4 is 22.8 Å². The minimum atomic E-state index is 0.765. The van der Waals surface area contributed by atoms with E-state index >= 15 is 0 Å². The third-order valence-electron chi connectivity index (χ3n) is 7.64. The van der Waals surface area contributed by atoms with Crippen LogP contribution >= 0.6 is 0 Å². The van der Waals surface area contributed by atoms with Crippen molar-refractivity contribution in [2.75, 3.05) is 0 Å². The summed E-state index contributed by atoms with van der Waals surface area (Å²) in [6, 6.07) is 64.2. The number of aliphatic imine (C=N–C) groups is 2. The van der Waals surface area contributed by atoms with Crippen molar-refractivity contribution < 1.29 is 9.47 Å². The van der Waals surface area contributed by atoms with Gasteiger partial charge in [-0.1, -0.05) is 97.1 Å². The maximum absolute atomic E-state index is 6.05. The second-order valence-corrected chi connectivity index (χ2v) is 11.0. The lowest BCUT2D eigenvalue weighted by Crippen LogP contribution is -2.06. The van der Waals surface area contributed by atoms with E-state index in [1.165, 1.54) is 0 Å². The van der Waals surface area contributed by atoms with Crippen LogP contribution in [0.3, 0.4) is 0 Å². The third-order valence-corrected chi connectivity index (χ3v) is 7.64. The van der Waals surface area contributed by atoms with Crippen LogP contribution in [-0.4, -0.2) is 11.4 Å². The predicted octanol–water partition coefficient (Wildman–Crippen LogP) is 11.6. The summed E-state index contributed by atoms with van der Waals surface area (Å²) in [4.78, 5) is 10.2. The fourth-order valence-electron chi connectivity index (χ4n) is 5.25. The molecule has 4 nitrogen and oxygen atoms in total. The van der Waals surface area contributed by atoms with Crippen LogP contribution in [0, 0.1) is 0 Å². The normalized spacial score (nSPS) is 11.6. The summed E-state index contributed by atoms with van der Waals surface area (Å²) < 4.78 is 12.1. The van der Waals surface area contributed by atoms with Gasteiger partial charge in [0.1, 0.15) is 23.0 Å². The minimum absolute atomic E-state index is 0.765. The Morgan fingerprint density at radius 2 is 0.521 bits per heavy atom. The van der Waals surface area contributed by atoms with Gasteiger partial charge in [0.15, 0.2) is 0 Å². The molecule has 0 fully saturated rings. The van der Waals surface area contributed by atoms with Crippen LogP contribution in [0.4, 0.5) is 11.4 Å². The van der Waals surface area contributed by atoms with Crippen molar-refractivity contribution in [1.29, 1.82) is 0 Å². The van der Waals surface area contributed by atoms with Gasteiger partial charge in [0, 0.05) is 22.3 Å². The monoisotopic (exact) mass is 620 g/mol. The Morgan fingerprint density at radius 1 is 0.271 bits per heavy atom. The molecule has 0 aromatic heterocycles. The van der Waals surface area contributed by atoms with Crippen LogP contribution in [0.25, 0.3) is 0 Å². The largest absolute Gasteiger partial charge is 0.457 e. The third kappa shape index (κ3) is 7.64. The van der Waals surface area contributed by atoms with E-state index in [-0.39, 0.29) is 0 Å². The van der Waals surface area contributed by atoms with Gasteiger partial charge in [0.25, 0.3) is 0 Å². The number of hydrogen-bond donors (Lipinski definition) is 0. The highest BCUT2D eigenvalue weighted by molar-refractivity contribution is 6.16. The molecule has 0 aliphatic rings. The lowest BCUT2D eigenvalue weighted by molar-refractivity contribution is 0.482. The van der Waals surface area contributed by atoms with Crippen LogP contribution in [-0.2, 0) is 0 Å². The zero-order valence-electron chi connectivity index (χ0n) is 26.2. The molecule has 7 rings (SSSR count). The molecule has 0 spiro atoms. The predicted molar refractivity (Wildman–Crippen MR) is 196 cm³/mol. The van der Waals surface area contributed by atoms with E-state index in [1.807, 2.05) is 146 Å². The molecule has 4 heteroatoms. The Kier molecular flexibility index (Phi) is 9.24. The van der Waals surface area contributed by atoms with Crippen LogP contribution < -0.4 is 9.47 Å². The highest BCUT2D eigenvalue weighted by Gasteiger charge is 2.13. The first kappa shape index (κ1) is 30.2. The number of ether oxygens (including phenoxy) is 2. The van der Waals surface area contributed by atoms with Crippen LogP contribution in [0.1, 0.15) is 22.3 Å². The molecule has 0 aliphatic heterocycles. The average molecular weight is 621 g/mol. The average Bonchev–Trinajstić information content (AvgIpc) is 3.16. The summed E-state index contributed by atoms with van der Waals surface area (Å²) >= 11 is 0. The standard InChI is InChI=1S/C44H32N2O2/c1-5-13-37(14-6-1)45-43(35-25-29-41(30-26-35)47-39-17-9-3-10-18-39)33-21-23-34(24-22-33)44(46-38-15-7-2-8-16-38)36-27-31-42(32-28-36)48-40-19-11-4-12-20-40/h1-32H. The summed E-state index contributed by atoms with van der Waals surface area (Å²) in [5, 5.41) is 0. The second-order valence-electron chi connectivity index (χ2n) is 11.0. The summed E-state index contributed by atoms with van der Waals surface area (Å²) in [5.74, 6) is 3.12. The highest BCUT2D eigenvalue weighted by atomic mass is 16.5. The summed E-state index contributed by atoms with van der Waals surface area (Å²) in [7, 11) is 0. The molecule has 0 N–H and O–H groups in total. The topological polar surface area (TPSA) is 43.2 Å². The molecule has 0 saturated heterocycles. The molecule has 0 heterocycles. The lowest BCUT2D eigenvalue weighted by Gasteiger charge is -2.13. The fourth-order valence-corrected chi connectivity index (χ4v) is 5.25. The molecule has 7 aromatic carbocycles. The second kappa shape index (κ2) is 14.7. The molecular formula is C44H32N2O2. The van der Waals surface area contributed by atoms with E-state index in [0.717, 1.165) is 68.0 Å². The van der Waals surface area contributed by atoms with Crippen LogP contribution in [0.15, 0.2) is 204 Å². The van der Waals surface area contributed by atoms with Gasteiger partial charge in [0.05, 0.1) is 22.8 Å². The first-order chi connectivity index (χ1) is 23.8. The van der Waals surface area contributed by atoms with Crippen molar-refractivity contribution in [1.82, 2.24) is 0 Å². The minimum Gasteiger partial charge on any atom is -0.457 e. The van der Waals surface area contributed by atoms with Gasteiger partial charge in [-0.2, -0.15) is 0 Å². The molecule has 0 radical (unpaired) electrons. The van der Waals surface area contributed by atoms with Crippen LogP contribution in [0.5, 0.6) is 23.0 Å². The summed E-state index contributed by atoms with van der Waals surface area (Å²) in [6.45, 7) is 0. The van der Waals surface area contributed by atoms with Crippen molar-refractivity contribution in [3.63, 3.8) is 0 Å². The van der Waals surface area contributed by atoms with E-state index in [1.54, 1.807) is 0 Å². The van der Waals surface area contributed by atoms with E-state index < -0.39 is 0 Å². The maximum atomic E-state index is 6.05. The molecule has 0 saturated carbocycles. The Morgan fingerprint density at radius 3 is 0.833 bits per heavy atom. The van der Waals surface area contributed by atoms with Gasteiger partial charge in [-0.05, 0) is 97.1 Å². The van der Waals surface area contributed by atoms with E-state index in [0.29, 0.717) is 0 Å². The first-order valence-corrected chi connectivity index (χ1v) is 15.8. The van der Waals surface area contributed by atoms with Gasteiger partial charge < -0.3 is 9.47 Å². The highest BCUT2D eigenvalue weighted by Crippen LogP contribution is 2.27. The van der Waals surface area contributed by atoms with E-state index in [9.17, 15) is 0 Å². The number of hydrogen-bond acceptors (Lipinski definition) is 4. The Bertz CT molecular complexity index is 1950. The Hall–Kier alpha value is -6.52. The van der Waals surface area contributed by atoms with Crippen molar-refractivity contribution in [3.05, 3.63) is 216 Å². The Balaban J connectivity index is 1.21. The summed E-state index contributed by atoms with van der Waals surface area (Å²) in [5.41, 5.74) is 7.44. The molecule has 0 unspecified atom stereocenters. The van der Waals surface area contributed by atoms with E-state index in [2.05, 4.69) is 48.5 Å². The van der Waals surface area contributed by atoms with Gasteiger partial charge in [-0.25, -0.2) is 9.98 Å². The molecule has 48 heavy (non-hydrogen) atoms. The number of para-hydroxylation sites is 4. The zero-order valence-corrected chi connectivity index (χ0v) is 26.2. The molecule has 0 amide bonds. The molecule has 0 atom stereocenters. The summed E-state index contributed by atoms with van der Waals surface area (Å²) in [6.07, 6.45) is 0. The van der Waals surface area contributed by atoms with Gasteiger partial charge >= 0.3 is 0 Å². The van der Waals surface area contributed by atoms with Crippen molar-refractivity contribution in [2.24, 2.45) is 9.98 Å². The maximum Gasteiger partial charge on any atom is 0.127 e. The smallest absolute Gasteiger partial charge is 0.127 e. The Labute approximate surface area is 281 Å². The number of rotatable bonds is 10. The van der Waals surface area contributed by atoms with E-state index in [4.69, 9.17) is 19.5 Å². The van der Waals surface area contributed by atoms with Crippen molar-refractivity contribution in [3.8, 4) is 23.0 Å². The number of benzene rings is 7. The van der Waals surface area contributed by atoms with Gasteiger partial charge in [-0.15, -0.1) is 0 Å². The SMILES string of the molecule is c1ccc(N=C(c2ccc(Oc3ccccc3)cc2)c2ccc(C(=Nc3ccccc3)c3ccc(Oc4ccccc4)cc3)cc2)cc1. The molecule has 7 aromatic rings. The van der Waals surface area contributed by atoms with Gasteiger partial charge in [0.2, 0.25) is 0 Å². The first-order valence-electron chi connectivity index (χ1n) is 15.8. The molecule has 0 bridgehead atoms.